The lowest BCUT2D eigenvalue weighted by Gasteiger charge is -2.28. The van der Waals surface area contributed by atoms with Crippen LogP contribution in [0.15, 0.2) is 60.9 Å². The van der Waals surface area contributed by atoms with Crippen molar-refractivity contribution in [3.05, 3.63) is 89.1 Å². The third kappa shape index (κ3) is 3.95. The van der Waals surface area contributed by atoms with E-state index < -0.39 is 0 Å². The molecule has 0 unspecified atom stereocenters. The molecule has 27 heavy (non-hydrogen) atoms. The molecule has 1 aliphatic rings. The average Bonchev–Trinajstić information content (AvgIpc) is 2.72. The molecule has 0 aliphatic carbocycles. The molecule has 2 aromatic carbocycles. The van der Waals surface area contributed by atoms with E-state index in [0.717, 1.165) is 12.0 Å². The van der Waals surface area contributed by atoms with Crippen molar-refractivity contribution in [3.8, 4) is 0 Å². The zero-order valence-corrected chi connectivity index (χ0v) is 14.7. The van der Waals surface area contributed by atoms with Gasteiger partial charge < -0.3 is 10.2 Å². The number of hydrogen-bond donors (Lipinski definition) is 1. The minimum atomic E-state index is -0.267. The van der Waals surface area contributed by atoms with Gasteiger partial charge in [-0.2, -0.15) is 0 Å². The maximum absolute atomic E-state index is 13.0. The highest BCUT2D eigenvalue weighted by Gasteiger charge is 2.22. The maximum Gasteiger partial charge on any atom is 0.272 e. The van der Waals surface area contributed by atoms with Gasteiger partial charge in [-0.25, -0.2) is 14.4 Å². The fraction of sp³-hybridized carbons (Fsp3) is 0.190. The summed E-state index contributed by atoms with van der Waals surface area (Å²) in [6, 6.07) is 16.1. The van der Waals surface area contributed by atoms with Crippen LogP contribution in [0.3, 0.4) is 0 Å². The van der Waals surface area contributed by atoms with E-state index in [1.165, 1.54) is 29.6 Å². The molecule has 4 rings (SSSR count). The molecule has 5 nitrogen and oxygen atoms in total. The monoisotopic (exact) mass is 362 g/mol. The molecule has 0 saturated heterocycles. The van der Waals surface area contributed by atoms with Gasteiger partial charge in [-0.1, -0.05) is 36.4 Å². The smallest absolute Gasteiger partial charge is 0.272 e. The first-order chi connectivity index (χ1) is 13.2. The number of halogens is 1. The third-order valence-corrected chi connectivity index (χ3v) is 4.69. The van der Waals surface area contributed by atoms with Crippen LogP contribution in [-0.2, 0) is 19.5 Å². The van der Waals surface area contributed by atoms with Crippen LogP contribution in [-0.4, -0.2) is 27.3 Å². The van der Waals surface area contributed by atoms with Crippen molar-refractivity contribution in [2.45, 2.75) is 19.5 Å². The molecule has 0 saturated carbocycles. The normalized spacial score (nSPS) is 13.1. The molecule has 1 N–H and O–H groups in total. The number of aromatic nitrogens is 2. The number of carbonyl (C=O) groups is 1. The molecule has 3 aromatic rings. The topological polar surface area (TPSA) is 58.1 Å². The van der Waals surface area contributed by atoms with Crippen LogP contribution in [0.2, 0.25) is 0 Å². The highest BCUT2D eigenvalue weighted by atomic mass is 19.1. The van der Waals surface area contributed by atoms with E-state index in [9.17, 15) is 9.18 Å². The van der Waals surface area contributed by atoms with Crippen LogP contribution < -0.4 is 5.32 Å². The summed E-state index contributed by atoms with van der Waals surface area (Å²) in [5, 5.41) is 3.15. The van der Waals surface area contributed by atoms with Crippen molar-refractivity contribution < 1.29 is 9.18 Å². The number of nitrogens with one attached hydrogen (secondary N) is 1. The summed E-state index contributed by atoms with van der Waals surface area (Å²) in [5.41, 5.74) is 3.77. The van der Waals surface area contributed by atoms with Gasteiger partial charge in [0.1, 0.15) is 23.7 Å². The standard InChI is InChI=1S/C21H19FN4O/c22-18-7-5-15(6-8-18)12-23-20-11-19(24-14-25-20)21(27)26-10-9-16-3-1-2-4-17(16)13-26/h1-8,11,14H,9-10,12-13H2,(H,23,24,25). The predicted molar refractivity (Wildman–Crippen MR) is 101 cm³/mol. The summed E-state index contributed by atoms with van der Waals surface area (Å²) in [5.74, 6) is 0.198. The van der Waals surface area contributed by atoms with Crippen molar-refractivity contribution in [1.82, 2.24) is 14.9 Å². The lowest BCUT2D eigenvalue weighted by Crippen LogP contribution is -2.36. The summed E-state index contributed by atoms with van der Waals surface area (Å²) in [4.78, 5) is 23.0. The Kier molecular flexibility index (Phi) is 4.78. The molecule has 136 valence electrons. The van der Waals surface area contributed by atoms with Crippen molar-refractivity contribution >= 4 is 11.7 Å². The number of rotatable bonds is 4. The minimum absolute atomic E-state index is 0.100. The molecule has 0 atom stereocenters. The Hall–Kier alpha value is -3.28. The molecule has 0 radical (unpaired) electrons. The first-order valence-corrected chi connectivity index (χ1v) is 8.85. The van der Waals surface area contributed by atoms with Crippen LogP contribution >= 0.6 is 0 Å². The lowest BCUT2D eigenvalue weighted by atomic mass is 10.00. The highest BCUT2D eigenvalue weighted by Crippen LogP contribution is 2.20. The number of amides is 1. The Morgan fingerprint density at radius 1 is 1.07 bits per heavy atom. The van der Waals surface area contributed by atoms with Gasteiger partial charge in [0.25, 0.3) is 5.91 Å². The van der Waals surface area contributed by atoms with Crippen LogP contribution in [0.4, 0.5) is 10.2 Å². The average molecular weight is 362 g/mol. The molecular weight excluding hydrogens is 343 g/mol. The van der Waals surface area contributed by atoms with Crippen molar-refractivity contribution in [3.63, 3.8) is 0 Å². The Balaban J connectivity index is 1.44. The van der Waals surface area contributed by atoms with E-state index in [1.807, 2.05) is 17.0 Å². The molecule has 2 heterocycles. The van der Waals surface area contributed by atoms with E-state index in [-0.39, 0.29) is 11.7 Å². The van der Waals surface area contributed by atoms with Crippen LogP contribution in [0, 0.1) is 5.82 Å². The second kappa shape index (κ2) is 7.53. The largest absolute Gasteiger partial charge is 0.366 e. The molecule has 0 spiro atoms. The number of nitrogens with zero attached hydrogens (tertiary/aromatic N) is 3. The number of fused-ring (bicyclic) bond motifs is 1. The number of anilines is 1. The van der Waals surface area contributed by atoms with Crippen LogP contribution in [0.5, 0.6) is 0 Å². The van der Waals surface area contributed by atoms with Crippen molar-refractivity contribution in [2.75, 3.05) is 11.9 Å². The molecule has 1 amide bonds. The van der Waals surface area contributed by atoms with Gasteiger partial charge in [-0.3, -0.25) is 4.79 Å². The van der Waals surface area contributed by atoms with E-state index in [4.69, 9.17) is 0 Å². The zero-order chi connectivity index (χ0) is 18.6. The van der Waals surface area contributed by atoms with E-state index >= 15 is 0 Å². The van der Waals surface area contributed by atoms with E-state index in [1.54, 1.807) is 18.2 Å². The Labute approximate surface area is 156 Å². The van der Waals surface area contributed by atoms with E-state index in [0.29, 0.717) is 31.1 Å². The van der Waals surface area contributed by atoms with Crippen LogP contribution in [0.25, 0.3) is 0 Å². The fourth-order valence-electron chi connectivity index (χ4n) is 3.20. The second-order valence-corrected chi connectivity index (χ2v) is 6.51. The maximum atomic E-state index is 13.0. The number of benzene rings is 2. The molecule has 6 heteroatoms. The van der Waals surface area contributed by atoms with Gasteiger partial charge in [0, 0.05) is 25.7 Å². The first kappa shape index (κ1) is 17.1. The third-order valence-electron chi connectivity index (χ3n) is 4.69. The summed E-state index contributed by atoms with van der Waals surface area (Å²) >= 11 is 0. The number of carbonyl (C=O) groups excluding carboxylic acids is 1. The summed E-state index contributed by atoms with van der Waals surface area (Å²) in [6.45, 7) is 1.76. The zero-order valence-electron chi connectivity index (χ0n) is 14.7. The molecule has 1 aromatic heterocycles. The van der Waals surface area contributed by atoms with Gasteiger partial charge in [0.05, 0.1) is 0 Å². The highest BCUT2D eigenvalue weighted by molar-refractivity contribution is 5.93. The minimum Gasteiger partial charge on any atom is -0.366 e. The predicted octanol–water partition coefficient (Wildman–Crippen LogP) is 3.43. The van der Waals surface area contributed by atoms with Gasteiger partial charge in [-0.05, 0) is 35.2 Å². The fourth-order valence-corrected chi connectivity index (χ4v) is 3.20. The van der Waals surface area contributed by atoms with Crippen LogP contribution in [0.1, 0.15) is 27.2 Å². The Morgan fingerprint density at radius 3 is 2.67 bits per heavy atom. The van der Waals surface area contributed by atoms with Crippen molar-refractivity contribution in [1.29, 1.82) is 0 Å². The molecule has 0 bridgehead atoms. The molecular formula is C21H19FN4O. The Bertz CT molecular complexity index is 958. The SMILES string of the molecule is O=C(c1cc(NCc2ccc(F)cc2)ncn1)N1CCc2ccccc2C1. The summed E-state index contributed by atoms with van der Waals surface area (Å²) < 4.78 is 13.0. The van der Waals surface area contributed by atoms with Gasteiger partial charge >= 0.3 is 0 Å². The Morgan fingerprint density at radius 2 is 1.85 bits per heavy atom. The molecule has 1 aliphatic heterocycles. The van der Waals surface area contributed by atoms with Gasteiger partial charge in [-0.15, -0.1) is 0 Å². The van der Waals surface area contributed by atoms with Gasteiger partial charge in [0.15, 0.2) is 0 Å². The number of hydrogen-bond acceptors (Lipinski definition) is 4. The van der Waals surface area contributed by atoms with E-state index in [2.05, 4.69) is 27.4 Å². The summed E-state index contributed by atoms with van der Waals surface area (Å²) in [6.07, 6.45) is 2.24. The lowest BCUT2D eigenvalue weighted by molar-refractivity contribution is 0.0728. The quantitative estimate of drug-likeness (QED) is 0.773. The first-order valence-electron chi connectivity index (χ1n) is 8.85. The molecule has 0 fully saturated rings. The van der Waals surface area contributed by atoms with Crippen molar-refractivity contribution in [2.24, 2.45) is 0 Å². The van der Waals surface area contributed by atoms with Gasteiger partial charge in [0.2, 0.25) is 0 Å². The summed E-state index contributed by atoms with van der Waals surface area (Å²) in [7, 11) is 0. The second-order valence-electron chi connectivity index (χ2n) is 6.51.